The first kappa shape index (κ1) is 17.1. The van der Waals surface area contributed by atoms with Crippen LogP contribution in [0, 0.1) is 0 Å². The van der Waals surface area contributed by atoms with Crippen LogP contribution >= 0.6 is 11.3 Å². The Balaban J connectivity index is 1.46. The number of ether oxygens (including phenoxy) is 1. The second-order valence-corrected chi connectivity index (χ2v) is 7.12. The number of Topliss-reactive ketones (excluding diaryl/α,β-unsaturated/α-hetero) is 1. The quantitative estimate of drug-likeness (QED) is 0.228. The van der Waals surface area contributed by atoms with Gasteiger partial charge in [-0.15, -0.1) is 0 Å². The molecule has 29 heavy (non-hydrogen) atoms. The van der Waals surface area contributed by atoms with Crippen molar-refractivity contribution in [2.75, 3.05) is 5.32 Å². The molecule has 0 atom stereocenters. The Bertz CT molecular complexity index is 1290. The van der Waals surface area contributed by atoms with Crippen LogP contribution in [0.25, 0.3) is 17.2 Å². The topological polar surface area (TPSA) is 115 Å². The average Bonchev–Trinajstić information content (AvgIpc) is 3.27. The molecule has 1 aliphatic rings. The summed E-state index contributed by atoms with van der Waals surface area (Å²) in [4.78, 5) is 33.4. The second-order valence-electron chi connectivity index (χ2n) is 6.09. The molecule has 0 amide bonds. The van der Waals surface area contributed by atoms with Crippen LogP contribution in [0.3, 0.4) is 0 Å². The highest BCUT2D eigenvalue weighted by Gasteiger charge is 2.31. The summed E-state index contributed by atoms with van der Waals surface area (Å²) in [5.41, 5.74) is 1.38. The molecule has 2 aromatic carbocycles. The van der Waals surface area contributed by atoms with Gasteiger partial charge in [-0.3, -0.25) is 10.1 Å². The van der Waals surface area contributed by atoms with Crippen LogP contribution in [0.1, 0.15) is 15.2 Å². The predicted molar refractivity (Wildman–Crippen MR) is 105 cm³/mol. The van der Waals surface area contributed by atoms with Crippen LogP contribution in [0.2, 0.25) is 0 Å². The van der Waals surface area contributed by atoms with Crippen molar-refractivity contribution in [3.8, 4) is 11.6 Å². The van der Waals surface area contributed by atoms with Gasteiger partial charge < -0.3 is 14.3 Å². The fourth-order valence-corrected chi connectivity index (χ4v) is 3.67. The summed E-state index contributed by atoms with van der Waals surface area (Å²) in [6.07, 6.45) is 1.27. The smallest absolute Gasteiger partial charge is 0.347 e. The first-order chi connectivity index (χ1) is 14.1. The number of esters is 1. The molecule has 3 heterocycles. The van der Waals surface area contributed by atoms with Crippen molar-refractivity contribution >= 4 is 51.4 Å². The Morgan fingerprint density at radius 2 is 1.83 bits per heavy atom. The van der Waals surface area contributed by atoms with Crippen LogP contribution in [0.4, 0.5) is 11.1 Å². The normalized spacial score (nSPS) is 14.8. The summed E-state index contributed by atoms with van der Waals surface area (Å²) in [6, 6.07) is 13.9. The van der Waals surface area contributed by atoms with Gasteiger partial charge in [0.2, 0.25) is 11.7 Å². The van der Waals surface area contributed by atoms with Crippen LogP contribution < -0.4 is 10.1 Å². The number of nitrogens with one attached hydrogen (secondary N) is 1. The van der Waals surface area contributed by atoms with E-state index < -0.39 is 11.8 Å². The van der Waals surface area contributed by atoms with Gasteiger partial charge in [-0.2, -0.15) is 9.97 Å². The summed E-state index contributed by atoms with van der Waals surface area (Å²) < 4.78 is 10.8. The number of aromatic nitrogens is 2. The molecule has 8 nitrogen and oxygen atoms in total. The van der Waals surface area contributed by atoms with Gasteiger partial charge in [-0.05, 0) is 30.3 Å². The maximum atomic E-state index is 12.6. The van der Waals surface area contributed by atoms with E-state index in [4.69, 9.17) is 9.15 Å². The standard InChI is InChI=1S/C20H11N3O5S/c24-16-10-5-1-3-7-13(10)27-18(26)11(16)9-15-17(25)22-20(29-15)23-19-21-12-6-2-4-8-14(12)28-19/h1-9,25H,(H,21,22,23)/b11-9-. The first-order valence-corrected chi connectivity index (χ1v) is 9.30. The number of carbonyl (C=O) groups excluding carboxylic acids is 2. The summed E-state index contributed by atoms with van der Waals surface area (Å²) in [7, 11) is 0. The molecular formula is C20H11N3O5S. The van der Waals surface area contributed by atoms with Crippen LogP contribution in [0.5, 0.6) is 11.6 Å². The number of oxazole rings is 1. The zero-order chi connectivity index (χ0) is 20.0. The minimum atomic E-state index is -0.782. The summed E-state index contributed by atoms with van der Waals surface area (Å²) in [6.45, 7) is 0. The molecule has 9 heteroatoms. The van der Waals surface area contributed by atoms with E-state index in [0.717, 1.165) is 11.3 Å². The molecule has 0 saturated carbocycles. The third kappa shape index (κ3) is 3.03. The first-order valence-electron chi connectivity index (χ1n) is 8.48. The van der Waals surface area contributed by atoms with Crippen molar-refractivity contribution in [3.05, 3.63) is 64.5 Å². The second kappa shape index (κ2) is 6.57. The fourth-order valence-electron chi connectivity index (χ4n) is 2.88. The van der Waals surface area contributed by atoms with Crippen LogP contribution in [0.15, 0.2) is 58.5 Å². The molecule has 0 aliphatic carbocycles. The number of fused-ring (bicyclic) bond motifs is 2. The SMILES string of the molecule is O=C1Oc2ccccc2C(=O)/C1=C/c1sc(Nc2nc3ccccc3o2)nc1O. The van der Waals surface area contributed by atoms with Gasteiger partial charge >= 0.3 is 12.0 Å². The number of carbonyl (C=O) groups is 2. The maximum Gasteiger partial charge on any atom is 0.347 e. The molecule has 0 fully saturated rings. The van der Waals surface area contributed by atoms with Crippen molar-refractivity contribution in [2.24, 2.45) is 0 Å². The van der Waals surface area contributed by atoms with Gasteiger partial charge in [0.05, 0.1) is 10.4 Å². The van der Waals surface area contributed by atoms with Crippen molar-refractivity contribution in [2.45, 2.75) is 0 Å². The molecular weight excluding hydrogens is 394 g/mol. The number of hydrogen-bond acceptors (Lipinski definition) is 9. The lowest BCUT2D eigenvalue weighted by Crippen LogP contribution is -2.24. The van der Waals surface area contributed by atoms with E-state index in [2.05, 4.69) is 15.3 Å². The van der Waals surface area contributed by atoms with E-state index in [-0.39, 0.29) is 38.8 Å². The number of thiazole rings is 1. The van der Waals surface area contributed by atoms with Crippen molar-refractivity contribution in [3.63, 3.8) is 0 Å². The Kier molecular flexibility index (Phi) is 3.88. The summed E-state index contributed by atoms with van der Waals surface area (Å²) in [5, 5.41) is 13.3. The molecule has 2 aromatic heterocycles. The number of aromatic hydroxyl groups is 1. The third-order valence-corrected chi connectivity index (χ3v) is 5.12. The van der Waals surface area contributed by atoms with Gasteiger partial charge in [0.15, 0.2) is 10.7 Å². The minimum Gasteiger partial charge on any atom is -0.492 e. The molecule has 1 aliphatic heterocycles. The maximum absolute atomic E-state index is 12.6. The largest absolute Gasteiger partial charge is 0.492 e. The Hall–Kier alpha value is -3.98. The van der Waals surface area contributed by atoms with E-state index >= 15 is 0 Å². The van der Waals surface area contributed by atoms with Crippen LogP contribution in [-0.4, -0.2) is 26.8 Å². The zero-order valence-electron chi connectivity index (χ0n) is 14.6. The van der Waals surface area contributed by atoms with Gasteiger partial charge in [0, 0.05) is 0 Å². The zero-order valence-corrected chi connectivity index (χ0v) is 15.4. The number of anilines is 2. The highest BCUT2D eigenvalue weighted by atomic mass is 32.1. The molecule has 0 saturated heterocycles. The van der Waals surface area contributed by atoms with E-state index in [1.807, 2.05) is 12.1 Å². The average molecular weight is 405 g/mol. The number of rotatable bonds is 3. The molecule has 0 bridgehead atoms. The molecule has 5 rings (SSSR count). The number of ketones is 1. The van der Waals surface area contributed by atoms with Gasteiger partial charge in [0.1, 0.15) is 16.8 Å². The van der Waals surface area contributed by atoms with Gasteiger partial charge in [-0.1, -0.05) is 35.6 Å². The van der Waals surface area contributed by atoms with E-state index in [1.54, 1.807) is 36.4 Å². The van der Waals surface area contributed by atoms with Crippen LogP contribution in [-0.2, 0) is 4.79 Å². The molecule has 0 spiro atoms. The van der Waals surface area contributed by atoms with Gasteiger partial charge in [0.25, 0.3) is 0 Å². The Morgan fingerprint density at radius 3 is 2.69 bits per heavy atom. The van der Waals surface area contributed by atoms with E-state index in [0.29, 0.717) is 11.1 Å². The Labute approximate surface area is 167 Å². The number of benzene rings is 2. The molecule has 0 radical (unpaired) electrons. The molecule has 142 valence electrons. The molecule has 0 unspecified atom stereocenters. The lowest BCUT2D eigenvalue weighted by molar-refractivity contribution is -0.130. The monoisotopic (exact) mass is 405 g/mol. The summed E-state index contributed by atoms with van der Waals surface area (Å²) in [5.74, 6) is -1.37. The Morgan fingerprint density at radius 1 is 1.03 bits per heavy atom. The minimum absolute atomic E-state index is 0.184. The van der Waals surface area contributed by atoms with E-state index in [9.17, 15) is 14.7 Å². The third-order valence-electron chi connectivity index (χ3n) is 4.22. The van der Waals surface area contributed by atoms with Crippen molar-refractivity contribution in [1.82, 2.24) is 9.97 Å². The number of para-hydroxylation sites is 3. The predicted octanol–water partition coefficient (Wildman–Crippen LogP) is 3.92. The fraction of sp³-hybridized carbons (Fsp3) is 0. The summed E-state index contributed by atoms with van der Waals surface area (Å²) >= 11 is 1.03. The number of nitrogens with zero attached hydrogens (tertiary/aromatic N) is 2. The lowest BCUT2D eigenvalue weighted by atomic mass is 9.99. The van der Waals surface area contributed by atoms with E-state index in [1.165, 1.54) is 6.08 Å². The van der Waals surface area contributed by atoms with Crippen molar-refractivity contribution < 1.29 is 23.8 Å². The highest BCUT2D eigenvalue weighted by Crippen LogP contribution is 2.35. The highest BCUT2D eigenvalue weighted by molar-refractivity contribution is 7.16. The molecule has 4 aromatic rings. The molecule has 2 N–H and O–H groups in total. The van der Waals surface area contributed by atoms with Gasteiger partial charge in [-0.25, -0.2) is 4.79 Å². The van der Waals surface area contributed by atoms with Crippen molar-refractivity contribution in [1.29, 1.82) is 0 Å². The lowest BCUT2D eigenvalue weighted by Gasteiger charge is -2.16. The number of hydrogen-bond donors (Lipinski definition) is 2.